The van der Waals surface area contributed by atoms with E-state index in [-0.39, 0.29) is 29.9 Å². The Hall–Kier alpha value is -1.25. The molecule has 1 saturated carbocycles. The zero-order valence-corrected chi connectivity index (χ0v) is 15.5. The lowest BCUT2D eigenvalue weighted by molar-refractivity contribution is 0.0925. The summed E-state index contributed by atoms with van der Waals surface area (Å²) >= 11 is 0. The second kappa shape index (κ2) is 9.70. The van der Waals surface area contributed by atoms with E-state index in [0.29, 0.717) is 24.9 Å². The molecular formula is C15H25IN4O2. The number of hydrogen-bond acceptors (Lipinski definition) is 3. The van der Waals surface area contributed by atoms with E-state index in [1.165, 1.54) is 19.1 Å². The highest BCUT2D eigenvalue weighted by atomic mass is 127. The fourth-order valence-electron chi connectivity index (χ4n) is 1.90. The Labute approximate surface area is 148 Å². The molecule has 1 aromatic rings. The van der Waals surface area contributed by atoms with Gasteiger partial charge in [-0.3, -0.25) is 9.79 Å². The third-order valence-corrected chi connectivity index (χ3v) is 3.22. The summed E-state index contributed by atoms with van der Waals surface area (Å²) in [4.78, 5) is 16.3. The molecule has 7 heteroatoms. The molecular weight excluding hydrogens is 395 g/mol. The lowest BCUT2D eigenvalue weighted by Gasteiger charge is -2.10. The number of rotatable bonds is 7. The van der Waals surface area contributed by atoms with Gasteiger partial charge in [-0.1, -0.05) is 0 Å². The van der Waals surface area contributed by atoms with Crippen LogP contribution in [0.4, 0.5) is 0 Å². The number of furan rings is 1. The maximum absolute atomic E-state index is 11.8. The highest BCUT2D eigenvalue weighted by Crippen LogP contribution is 2.18. The smallest absolute Gasteiger partial charge is 0.287 e. The van der Waals surface area contributed by atoms with Crippen LogP contribution in [-0.4, -0.2) is 37.5 Å². The van der Waals surface area contributed by atoms with Gasteiger partial charge in [-0.25, -0.2) is 0 Å². The van der Waals surface area contributed by atoms with Crippen molar-refractivity contribution in [1.29, 1.82) is 0 Å². The minimum Gasteiger partial charge on any atom is -0.459 e. The fourth-order valence-corrected chi connectivity index (χ4v) is 1.90. The van der Waals surface area contributed by atoms with E-state index < -0.39 is 0 Å². The normalized spacial score (nSPS) is 14.2. The molecule has 0 aromatic carbocycles. The molecule has 1 aromatic heterocycles. The van der Waals surface area contributed by atoms with Crippen LogP contribution >= 0.6 is 24.0 Å². The van der Waals surface area contributed by atoms with Gasteiger partial charge in [-0.05, 0) is 39.2 Å². The molecule has 6 nitrogen and oxygen atoms in total. The van der Waals surface area contributed by atoms with Crippen LogP contribution in [-0.2, 0) is 0 Å². The van der Waals surface area contributed by atoms with Crippen molar-refractivity contribution in [2.24, 2.45) is 4.99 Å². The van der Waals surface area contributed by atoms with E-state index >= 15 is 0 Å². The Morgan fingerprint density at radius 3 is 2.77 bits per heavy atom. The molecule has 124 valence electrons. The Kier molecular flexibility index (Phi) is 8.29. The summed E-state index contributed by atoms with van der Waals surface area (Å²) in [5, 5.41) is 9.42. The van der Waals surface area contributed by atoms with Crippen LogP contribution in [0.5, 0.6) is 0 Å². The number of halogens is 1. The maximum Gasteiger partial charge on any atom is 0.287 e. The van der Waals surface area contributed by atoms with Gasteiger partial charge in [0, 0.05) is 31.2 Å². The number of carbonyl (C=O) groups excluding carboxylic acids is 1. The lowest BCUT2D eigenvalue weighted by atomic mass is 10.2. The minimum absolute atomic E-state index is 0. The van der Waals surface area contributed by atoms with Crippen LogP contribution in [0.2, 0.25) is 0 Å². The molecule has 1 amide bonds. The number of carbonyl (C=O) groups is 1. The predicted molar refractivity (Wildman–Crippen MR) is 97.9 cm³/mol. The summed E-state index contributed by atoms with van der Waals surface area (Å²) < 4.78 is 5.14. The zero-order valence-electron chi connectivity index (χ0n) is 13.1. The summed E-state index contributed by atoms with van der Waals surface area (Å²) in [6.45, 7) is 6.03. The van der Waals surface area contributed by atoms with Gasteiger partial charge in [0.25, 0.3) is 5.91 Å². The summed E-state index contributed by atoms with van der Waals surface area (Å²) in [6, 6.07) is 2.37. The summed E-state index contributed by atoms with van der Waals surface area (Å²) in [5.41, 5.74) is 0.855. The highest BCUT2D eigenvalue weighted by molar-refractivity contribution is 14.0. The first-order valence-corrected chi connectivity index (χ1v) is 7.58. The van der Waals surface area contributed by atoms with Crippen molar-refractivity contribution in [3.63, 3.8) is 0 Å². The van der Waals surface area contributed by atoms with Crippen LogP contribution < -0.4 is 16.0 Å². The first-order valence-electron chi connectivity index (χ1n) is 7.58. The van der Waals surface area contributed by atoms with Gasteiger partial charge in [0.15, 0.2) is 11.7 Å². The highest BCUT2D eigenvalue weighted by Gasteiger charge is 2.21. The van der Waals surface area contributed by atoms with Crippen molar-refractivity contribution < 1.29 is 9.21 Å². The second-order valence-electron chi connectivity index (χ2n) is 5.22. The molecule has 0 atom stereocenters. The molecule has 1 aliphatic rings. The molecule has 22 heavy (non-hydrogen) atoms. The molecule has 0 bridgehead atoms. The molecule has 0 aliphatic heterocycles. The molecule has 0 saturated heterocycles. The van der Waals surface area contributed by atoms with Crippen molar-refractivity contribution in [3.8, 4) is 0 Å². The Bertz CT molecular complexity index is 497. The number of guanidine groups is 1. The van der Waals surface area contributed by atoms with Crippen LogP contribution in [0.1, 0.15) is 42.3 Å². The molecule has 1 fully saturated rings. The third-order valence-electron chi connectivity index (χ3n) is 3.22. The number of nitrogens with zero attached hydrogens (tertiary/aromatic N) is 1. The first-order chi connectivity index (χ1) is 10.2. The van der Waals surface area contributed by atoms with Gasteiger partial charge in [0.2, 0.25) is 0 Å². The van der Waals surface area contributed by atoms with E-state index in [2.05, 4.69) is 27.9 Å². The van der Waals surface area contributed by atoms with Crippen LogP contribution in [0.15, 0.2) is 21.7 Å². The van der Waals surface area contributed by atoms with Crippen molar-refractivity contribution in [2.75, 3.05) is 19.6 Å². The lowest BCUT2D eigenvalue weighted by Crippen LogP contribution is -2.38. The quantitative estimate of drug-likeness (QED) is 0.273. The van der Waals surface area contributed by atoms with E-state index in [4.69, 9.17) is 4.42 Å². The van der Waals surface area contributed by atoms with E-state index in [1.807, 2.05) is 6.92 Å². The van der Waals surface area contributed by atoms with E-state index in [0.717, 1.165) is 24.5 Å². The number of aliphatic imine (C=N–C) groups is 1. The monoisotopic (exact) mass is 420 g/mol. The predicted octanol–water partition coefficient (Wildman–Crippen LogP) is 2.04. The molecule has 1 heterocycles. The van der Waals surface area contributed by atoms with Gasteiger partial charge in [0.1, 0.15) is 0 Å². The first kappa shape index (κ1) is 18.8. The molecule has 0 spiro atoms. The Morgan fingerprint density at radius 1 is 1.41 bits per heavy atom. The average molecular weight is 420 g/mol. The summed E-state index contributed by atoms with van der Waals surface area (Å²) in [5.74, 6) is 1.10. The van der Waals surface area contributed by atoms with Crippen LogP contribution in [0, 0.1) is 6.92 Å². The van der Waals surface area contributed by atoms with Gasteiger partial charge in [0.05, 0.1) is 6.26 Å². The van der Waals surface area contributed by atoms with Gasteiger partial charge < -0.3 is 20.4 Å². The number of nitrogens with one attached hydrogen (secondary N) is 3. The van der Waals surface area contributed by atoms with Crippen molar-refractivity contribution >= 4 is 35.8 Å². The summed E-state index contributed by atoms with van der Waals surface area (Å²) in [6.07, 6.45) is 4.78. The van der Waals surface area contributed by atoms with Crippen molar-refractivity contribution in [2.45, 2.75) is 39.2 Å². The Balaban J connectivity index is 0.00000242. The summed E-state index contributed by atoms with van der Waals surface area (Å²) in [7, 11) is 0. The number of amides is 1. The zero-order chi connectivity index (χ0) is 15.1. The molecule has 0 unspecified atom stereocenters. The molecule has 2 rings (SSSR count). The van der Waals surface area contributed by atoms with E-state index in [9.17, 15) is 4.79 Å². The molecule has 3 N–H and O–H groups in total. The van der Waals surface area contributed by atoms with Crippen molar-refractivity contribution in [1.82, 2.24) is 16.0 Å². The third kappa shape index (κ3) is 6.25. The second-order valence-corrected chi connectivity index (χ2v) is 5.22. The van der Waals surface area contributed by atoms with Gasteiger partial charge in [-0.15, -0.1) is 24.0 Å². The number of hydrogen-bond donors (Lipinski definition) is 3. The standard InChI is InChI=1S/C15H24N4O2.HI/c1-3-16-15(19-12-5-6-12)18-9-4-8-17-14(20)13-11(2)7-10-21-13;/h7,10,12H,3-6,8-9H2,1-2H3,(H,17,20)(H2,16,18,19);1H. The van der Waals surface area contributed by atoms with Gasteiger partial charge >= 0.3 is 0 Å². The fraction of sp³-hybridized carbons (Fsp3) is 0.600. The topological polar surface area (TPSA) is 78.7 Å². The Morgan fingerprint density at radius 2 is 2.18 bits per heavy atom. The maximum atomic E-state index is 11.8. The molecule has 1 aliphatic carbocycles. The van der Waals surface area contributed by atoms with Crippen LogP contribution in [0.3, 0.4) is 0 Å². The minimum atomic E-state index is -0.163. The average Bonchev–Trinajstić information content (AvgIpc) is 3.17. The largest absolute Gasteiger partial charge is 0.459 e. The van der Waals surface area contributed by atoms with Gasteiger partial charge in [-0.2, -0.15) is 0 Å². The van der Waals surface area contributed by atoms with Crippen molar-refractivity contribution in [3.05, 3.63) is 23.7 Å². The van der Waals surface area contributed by atoms with E-state index in [1.54, 1.807) is 6.07 Å². The number of aryl methyl sites for hydroxylation is 1. The SMILES string of the molecule is CCNC(=NCCCNC(=O)c1occc1C)NC1CC1.I. The molecule has 0 radical (unpaired) electrons. The van der Waals surface area contributed by atoms with Crippen LogP contribution in [0.25, 0.3) is 0 Å².